The topological polar surface area (TPSA) is 38.3 Å². The fourth-order valence-electron chi connectivity index (χ4n) is 1.74. The zero-order valence-corrected chi connectivity index (χ0v) is 11.1. The molecule has 1 aromatic carbocycles. The second kappa shape index (κ2) is 7.11. The highest BCUT2D eigenvalue weighted by molar-refractivity contribution is 5.75. The Morgan fingerprint density at radius 1 is 1.44 bits per heavy atom. The van der Waals surface area contributed by atoms with Crippen LogP contribution in [-0.2, 0) is 16.1 Å². The van der Waals surface area contributed by atoms with E-state index in [1.54, 1.807) is 18.2 Å². The molecule has 3 nitrogen and oxygen atoms in total. The maximum atomic E-state index is 13.4. The van der Waals surface area contributed by atoms with Crippen LogP contribution in [0.1, 0.15) is 25.8 Å². The maximum Gasteiger partial charge on any atom is 0.323 e. The summed E-state index contributed by atoms with van der Waals surface area (Å²) in [6.07, 6.45) is 0.851. The molecule has 1 rings (SSSR count). The van der Waals surface area contributed by atoms with E-state index < -0.39 is 6.04 Å². The minimum absolute atomic E-state index is 0.143. The number of methoxy groups -OCH3 is 1. The van der Waals surface area contributed by atoms with E-state index in [1.165, 1.54) is 13.2 Å². The van der Waals surface area contributed by atoms with Crippen molar-refractivity contribution >= 4 is 5.97 Å². The van der Waals surface area contributed by atoms with E-state index >= 15 is 0 Å². The Hall–Kier alpha value is -1.42. The van der Waals surface area contributed by atoms with Crippen LogP contribution in [0.3, 0.4) is 0 Å². The molecule has 0 saturated heterocycles. The molecule has 2 unspecified atom stereocenters. The van der Waals surface area contributed by atoms with E-state index in [4.69, 9.17) is 4.74 Å². The van der Waals surface area contributed by atoms with Crippen molar-refractivity contribution in [2.24, 2.45) is 5.92 Å². The van der Waals surface area contributed by atoms with Crippen LogP contribution in [0.25, 0.3) is 0 Å². The average Bonchev–Trinajstić information content (AvgIpc) is 2.40. The van der Waals surface area contributed by atoms with Gasteiger partial charge in [0, 0.05) is 12.1 Å². The number of carbonyl (C=O) groups is 1. The molecule has 0 fully saturated rings. The summed E-state index contributed by atoms with van der Waals surface area (Å²) in [4.78, 5) is 11.6. The predicted octanol–water partition coefficient (Wildman–Crippen LogP) is 2.50. The molecule has 4 heteroatoms. The fourth-order valence-corrected chi connectivity index (χ4v) is 1.74. The minimum atomic E-state index is -0.403. The summed E-state index contributed by atoms with van der Waals surface area (Å²) in [6, 6.07) is 6.13. The van der Waals surface area contributed by atoms with E-state index in [0.29, 0.717) is 12.1 Å². The quantitative estimate of drug-likeness (QED) is 0.792. The first-order valence-corrected chi connectivity index (χ1v) is 6.14. The first-order valence-electron chi connectivity index (χ1n) is 6.14. The molecule has 100 valence electrons. The monoisotopic (exact) mass is 253 g/mol. The van der Waals surface area contributed by atoms with Gasteiger partial charge in [-0.15, -0.1) is 0 Å². The number of rotatable bonds is 6. The lowest BCUT2D eigenvalue weighted by atomic mass is 9.99. The molecule has 0 aliphatic heterocycles. The van der Waals surface area contributed by atoms with Crippen LogP contribution in [0.15, 0.2) is 24.3 Å². The summed E-state index contributed by atoms with van der Waals surface area (Å²) in [5, 5.41) is 3.06. The Balaban J connectivity index is 2.68. The van der Waals surface area contributed by atoms with Gasteiger partial charge in [-0.1, -0.05) is 38.5 Å². The standard InChI is InChI=1S/C14H20FNO2/c1-4-10(2)13(14(17)18-3)16-9-11-7-5-6-8-12(11)15/h5-8,10,13,16H,4,9H2,1-3H3. The smallest absolute Gasteiger partial charge is 0.323 e. The van der Waals surface area contributed by atoms with Crippen LogP contribution < -0.4 is 5.32 Å². The number of ether oxygens (including phenoxy) is 1. The van der Waals surface area contributed by atoms with E-state index in [-0.39, 0.29) is 17.7 Å². The summed E-state index contributed by atoms with van der Waals surface area (Å²) >= 11 is 0. The number of hydrogen-bond acceptors (Lipinski definition) is 3. The third-order valence-electron chi connectivity index (χ3n) is 3.14. The predicted molar refractivity (Wildman–Crippen MR) is 68.5 cm³/mol. The van der Waals surface area contributed by atoms with Gasteiger partial charge < -0.3 is 4.74 Å². The Morgan fingerprint density at radius 2 is 2.11 bits per heavy atom. The van der Waals surface area contributed by atoms with Gasteiger partial charge in [0.2, 0.25) is 0 Å². The molecule has 1 N–H and O–H groups in total. The van der Waals surface area contributed by atoms with E-state index in [1.807, 2.05) is 13.8 Å². The Morgan fingerprint density at radius 3 is 2.67 bits per heavy atom. The van der Waals surface area contributed by atoms with Crippen molar-refractivity contribution in [2.75, 3.05) is 7.11 Å². The zero-order valence-electron chi connectivity index (χ0n) is 11.1. The average molecular weight is 253 g/mol. The molecule has 0 saturated carbocycles. The molecule has 2 atom stereocenters. The number of carbonyl (C=O) groups excluding carboxylic acids is 1. The molecule has 0 spiro atoms. The molecular formula is C14H20FNO2. The van der Waals surface area contributed by atoms with Gasteiger partial charge in [0.15, 0.2) is 0 Å². The molecule has 0 amide bonds. The molecule has 0 aromatic heterocycles. The number of esters is 1. The molecule has 1 aromatic rings. The van der Waals surface area contributed by atoms with E-state index in [0.717, 1.165) is 6.42 Å². The molecule has 0 bridgehead atoms. The Kier molecular flexibility index (Phi) is 5.78. The third kappa shape index (κ3) is 3.81. The first kappa shape index (κ1) is 14.6. The van der Waals surface area contributed by atoms with Crippen molar-refractivity contribution in [3.8, 4) is 0 Å². The van der Waals surface area contributed by atoms with Crippen LogP contribution in [0.2, 0.25) is 0 Å². The number of nitrogens with one attached hydrogen (secondary N) is 1. The van der Waals surface area contributed by atoms with Gasteiger partial charge in [0.25, 0.3) is 0 Å². The first-order chi connectivity index (χ1) is 8.60. The van der Waals surface area contributed by atoms with Crippen LogP contribution in [0.5, 0.6) is 0 Å². The Bertz CT molecular complexity index is 395. The van der Waals surface area contributed by atoms with Crippen molar-refractivity contribution in [3.05, 3.63) is 35.6 Å². The normalized spacial score (nSPS) is 14.0. The number of benzene rings is 1. The van der Waals surface area contributed by atoms with Gasteiger partial charge in [-0.2, -0.15) is 0 Å². The van der Waals surface area contributed by atoms with Gasteiger partial charge in [0.05, 0.1) is 7.11 Å². The molecular weight excluding hydrogens is 233 g/mol. The van der Waals surface area contributed by atoms with Crippen LogP contribution >= 0.6 is 0 Å². The summed E-state index contributed by atoms with van der Waals surface area (Å²) < 4.78 is 18.2. The number of hydrogen-bond donors (Lipinski definition) is 1. The van der Waals surface area contributed by atoms with Gasteiger partial charge in [-0.25, -0.2) is 4.39 Å². The van der Waals surface area contributed by atoms with E-state index in [9.17, 15) is 9.18 Å². The van der Waals surface area contributed by atoms with E-state index in [2.05, 4.69) is 5.32 Å². The van der Waals surface area contributed by atoms with Gasteiger partial charge in [-0.05, 0) is 12.0 Å². The molecule has 18 heavy (non-hydrogen) atoms. The highest BCUT2D eigenvalue weighted by atomic mass is 19.1. The van der Waals surface area contributed by atoms with Crippen LogP contribution in [0.4, 0.5) is 4.39 Å². The van der Waals surface area contributed by atoms with Gasteiger partial charge >= 0.3 is 5.97 Å². The fraction of sp³-hybridized carbons (Fsp3) is 0.500. The van der Waals surface area contributed by atoms with Crippen molar-refractivity contribution in [3.63, 3.8) is 0 Å². The second-order valence-corrected chi connectivity index (χ2v) is 4.36. The molecule has 0 aliphatic carbocycles. The lowest BCUT2D eigenvalue weighted by molar-refractivity contribution is -0.144. The highest BCUT2D eigenvalue weighted by Crippen LogP contribution is 2.12. The maximum absolute atomic E-state index is 13.4. The van der Waals surface area contributed by atoms with Gasteiger partial charge in [0.1, 0.15) is 11.9 Å². The lowest BCUT2D eigenvalue weighted by Gasteiger charge is -2.22. The minimum Gasteiger partial charge on any atom is -0.468 e. The molecule has 0 aliphatic rings. The van der Waals surface area contributed by atoms with Gasteiger partial charge in [-0.3, -0.25) is 10.1 Å². The van der Waals surface area contributed by atoms with Crippen molar-refractivity contribution < 1.29 is 13.9 Å². The highest BCUT2D eigenvalue weighted by Gasteiger charge is 2.24. The third-order valence-corrected chi connectivity index (χ3v) is 3.14. The lowest BCUT2D eigenvalue weighted by Crippen LogP contribution is -2.42. The number of halogens is 1. The molecule has 0 heterocycles. The summed E-state index contributed by atoms with van der Waals surface area (Å²) in [7, 11) is 1.36. The van der Waals surface area contributed by atoms with Crippen LogP contribution in [0, 0.1) is 11.7 Å². The van der Waals surface area contributed by atoms with Crippen molar-refractivity contribution in [2.45, 2.75) is 32.9 Å². The summed E-state index contributed by atoms with van der Waals surface area (Å²) in [6.45, 7) is 4.29. The zero-order chi connectivity index (χ0) is 13.5. The largest absolute Gasteiger partial charge is 0.468 e. The van der Waals surface area contributed by atoms with Crippen molar-refractivity contribution in [1.29, 1.82) is 0 Å². The van der Waals surface area contributed by atoms with Crippen LogP contribution in [-0.4, -0.2) is 19.1 Å². The summed E-state index contributed by atoms with van der Waals surface area (Å²) in [5.41, 5.74) is 0.551. The molecule has 0 radical (unpaired) electrons. The SMILES string of the molecule is CCC(C)C(NCc1ccccc1F)C(=O)OC. The van der Waals surface area contributed by atoms with Crippen molar-refractivity contribution in [1.82, 2.24) is 5.32 Å². The second-order valence-electron chi connectivity index (χ2n) is 4.36. The summed E-state index contributed by atoms with van der Waals surface area (Å²) in [5.74, 6) is -0.428. The Labute approximate surface area is 107 Å².